The van der Waals surface area contributed by atoms with Crippen LogP contribution in [0.2, 0.25) is 0 Å². The number of nitrogens with zero attached hydrogens (tertiary/aromatic N) is 1. The Kier molecular flexibility index (Phi) is 2.59. The number of hydrogen-bond donors (Lipinski definition) is 2. The van der Waals surface area contributed by atoms with Crippen molar-refractivity contribution in [2.24, 2.45) is 0 Å². The topological polar surface area (TPSA) is 66.5 Å². The van der Waals surface area contributed by atoms with Gasteiger partial charge in [-0.2, -0.15) is 0 Å². The lowest BCUT2D eigenvalue weighted by atomic mass is 9.82. The minimum Gasteiger partial charge on any atom is -0.502 e. The van der Waals surface area contributed by atoms with Crippen molar-refractivity contribution in [3.05, 3.63) is 63.0 Å². The summed E-state index contributed by atoms with van der Waals surface area (Å²) in [5.74, 6) is -0.350. The lowest BCUT2D eigenvalue weighted by Gasteiger charge is -2.24. The number of furan rings is 1. The molecule has 5 heteroatoms. The van der Waals surface area contributed by atoms with Crippen LogP contribution >= 0.6 is 11.3 Å². The van der Waals surface area contributed by atoms with E-state index in [0.717, 1.165) is 23.2 Å². The molecule has 1 aliphatic carbocycles. The summed E-state index contributed by atoms with van der Waals surface area (Å²) >= 11 is 1.61. The van der Waals surface area contributed by atoms with Gasteiger partial charge in [-0.1, -0.05) is 23.8 Å². The Morgan fingerprint density at radius 3 is 2.95 bits per heavy atom. The number of rotatable bonds is 1. The summed E-state index contributed by atoms with van der Waals surface area (Å²) in [5, 5.41) is 19.7. The number of aromatic nitrogens is 1. The average molecular weight is 299 g/mol. The third kappa shape index (κ3) is 1.77. The maximum Gasteiger partial charge on any atom is 0.201 e. The second-order valence-corrected chi connectivity index (χ2v) is 6.25. The van der Waals surface area contributed by atoms with Gasteiger partial charge in [0.05, 0.1) is 17.1 Å². The fourth-order valence-electron chi connectivity index (χ4n) is 2.94. The monoisotopic (exact) mass is 299 g/mol. The number of aryl methyl sites for hydroxylation is 1. The Labute approximate surface area is 125 Å². The van der Waals surface area contributed by atoms with Gasteiger partial charge in [0, 0.05) is 11.3 Å². The van der Waals surface area contributed by atoms with Gasteiger partial charge in [-0.05, 0) is 18.1 Å². The van der Waals surface area contributed by atoms with Crippen LogP contribution in [0.15, 0.2) is 34.4 Å². The molecule has 0 radical (unpaired) electrons. The van der Waals surface area contributed by atoms with Crippen molar-refractivity contribution in [2.45, 2.75) is 19.3 Å². The molecular weight excluding hydrogens is 286 g/mol. The van der Waals surface area contributed by atoms with Gasteiger partial charge in [0.25, 0.3) is 0 Å². The largest absolute Gasteiger partial charge is 0.502 e. The van der Waals surface area contributed by atoms with E-state index in [1.54, 1.807) is 11.3 Å². The highest BCUT2D eigenvalue weighted by molar-refractivity contribution is 7.09. The number of aromatic hydroxyl groups is 2. The third-order valence-corrected chi connectivity index (χ3v) is 4.79. The molecule has 106 valence electrons. The molecule has 2 aromatic heterocycles. The zero-order chi connectivity index (χ0) is 14.6. The molecule has 1 aromatic carbocycles. The summed E-state index contributed by atoms with van der Waals surface area (Å²) in [6.07, 6.45) is 2.01. The highest BCUT2D eigenvalue weighted by Crippen LogP contribution is 2.47. The fourth-order valence-corrected chi connectivity index (χ4v) is 3.76. The first-order valence-corrected chi connectivity index (χ1v) is 7.54. The minimum absolute atomic E-state index is 0.201. The number of fused-ring (bicyclic) bond motifs is 2. The van der Waals surface area contributed by atoms with E-state index in [4.69, 9.17) is 4.42 Å². The summed E-state index contributed by atoms with van der Waals surface area (Å²) in [4.78, 5) is 5.63. The van der Waals surface area contributed by atoms with Crippen LogP contribution in [-0.4, -0.2) is 15.2 Å². The quantitative estimate of drug-likeness (QED) is 0.564. The van der Waals surface area contributed by atoms with Crippen LogP contribution in [-0.2, 0) is 6.42 Å². The van der Waals surface area contributed by atoms with Crippen LogP contribution in [0.4, 0.5) is 0 Å². The molecule has 0 fully saturated rings. The van der Waals surface area contributed by atoms with E-state index in [1.807, 2.05) is 12.4 Å². The molecule has 1 unspecified atom stereocenters. The summed E-state index contributed by atoms with van der Waals surface area (Å²) in [6.45, 7) is 2.04. The molecule has 1 aliphatic rings. The van der Waals surface area contributed by atoms with E-state index >= 15 is 0 Å². The lowest BCUT2D eigenvalue weighted by molar-refractivity contribution is 0.400. The van der Waals surface area contributed by atoms with E-state index in [0.29, 0.717) is 5.76 Å². The second-order valence-electron chi connectivity index (χ2n) is 5.31. The SMILES string of the molecule is Cc1ccc2c(c1)C(c1occ(O)c1O)c1ncsc1C2. The predicted octanol–water partition coefficient (Wildman–Crippen LogP) is 3.54. The van der Waals surface area contributed by atoms with Gasteiger partial charge >= 0.3 is 0 Å². The number of benzene rings is 1. The first-order chi connectivity index (χ1) is 10.1. The molecule has 0 bridgehead atoms. The van der Waals surface area contributed by atoms with E-state index in [2.05, 4.69) is 23.2 Å². The summed E-state index contributed by atoms with van der Waals surface area (Å²) in [5.41, 5.74) is 6.15. The van der Waals surface area contributed by atoms with Crippen LogP contribution in [0.1, 0.15) is 38.9 Å². The maximum atomic E-state index is 10.1. The summed E-state index contributed by atoms with van der Waals surface area (Å²) < 4.78 is 5.42. The van der Waals surface area contributed by atoms with Crippen LogP contribution in [0, 0.1) is 6.92 Å². The Balaban J connectivity index is 1.99. The first kappa shape index (κ1) is 12.5. The molecule has 4 nitrogen and oxygen atoms in total. The molecule has 2 heterocycles. The fraction of sp³-hybridized carbons (Fsp3) is 0.188. The highest BCUT2D eigenvalue weighted by Gasteiger charge is 2.34. The molecule has 0 aliphatic heterocycles. The zero-order valence-electron chi connectivity index (χ0n) is 11.3. The smallest absolute Gasteiger partial charge is 0.201 e. The van der Waals surface area contributed by atoms with Crippen LogP contribution < -0.4 is 0 Å². The van der Waals surface area contributed by atoms with Crippen molar-refractivity contribution in [2.75, 3.05) is 0 Å². The minimum atomic E-state index is -0.268. The Bertz CT molecular complexity index is 834. The second kappa shape index (κ2) is 4.36. The first-order valence-electron chi connectivity index (χ1n) is 6.66. The molecule has 1 atom stereocenters. The van der Waals surface area contributed by atoms with Crippen molar-refractivity contribution in [3.63, 3.8) is 0 Å². The average Bonchev–Trinajstić information content (AvgIpc) is 3.05. The van der Waals surface area contributed by atoms with Crippen LogP contribution in [0.5, 0.6) is 11.5 Å². The molecule has 0 saturated heterocycles. The normalized spacial score (nSPS) is 16.5. The number of hydrogen-bond acceptors (Lipinski definition) is 5. The van der Waals surface area contributed by atoms with Gasteiger partial charge in [0.2, 0.25) is 5.75 Å². The molecule has 0 saturated carbocycles. The van der Waals surface area contributed by atoms with Crippen molar-refractivity contribution >= 4 is 11.3 Å². The van der Waals surface area contributed by atoms with Crippen LogP contribution in [0.3, 0.4) is 0 Å². The molecule has 3 aromatic rings. The molecule has 2 N–H and O–H groups in total. The van der Waals surface area contributed by atoms with Gasteiger partial charge in [0.15, 0.2) is 11.5 Å². The summed E-state index contributed by atoms with van der Waals surface area (Å²) in [6, 6.07) is 6.29. The third-order valence-electron chi connectivity index (χ3n) is 3.94. The molecule has 0 amide bonds. The van der Waals surface area contributed by atoms with E-state index < -0.39 is 0 Å². The highest BCUT2D eigenvalue weighted by atomic mass is 32.1. The van der Waals surface area contributed by atoms with Crippen molar-refractivity contribution in [3.8, 4) is 11.5 Å². The molecule has 21 heavy (non-hydrogen) atoms. The van der Waals surface area contributed by atoms with Crippen LogP contribution in [0.25, 0.3) is 0 Å². The maximum absolute atomic E-state index is 10.1. The zero-order valence-corrected chi connectivity index (χ0v) is 12.1. The molecular formula is C16H13NO3S. The Morgan fingerprint density at radius 2 is 2.19 bits per heavy atom. The van der Waals surface area contributed by atoms with E-state index in [1.165, 1.54) is 16.7 Å². The predicted molar refractivity (Wildman–Crippen MR) is 79.1 cm³/mol. The molecule has 4 rings (SSSR count). The lowest BCUT2D eigenvalue weighted by Crippen LogP contribution is -2.14. The Morgan fingerprint density at radius 1 is 1.33 bits per heavy atom. The van der Waals surface area contributed by atoms with Gasteiger partial charge < -0.3 is 14.6 Å². The van der Waals surface area contributed by atoms with Gasteiger partial charge in [-0.15, -0.1) is 11.3 Å². The van der Waals surface area contributed by atoms with E-state index in [-0.39, 0.29) is 17.4 Å². The van der Waals surface area contributed by atoms with Gasteiger partial charge in [-0.25, -0.2) is 4.98 Å². The summed E-state index contributed by atoms with van der Waals surface area (Å²) in [7, 11) is 0. The number of thiazole rings is 1. The van der Waals surface area contributed by atoms with Gasteiger partial charge in [-0.3, -0.25) is 0 Å². The Hall–Kier alpha value is -2.27. The van der Waals surface area contributed by atoms with Gasteiger partial charge in [0.1, 0.15) is 6.26 Å². The van der Waals surface area contributed by atoms with E-state index in [9.17, 15) is 10.2 Å². The van der Waals surface area contributed by atoms with Crippen molar-refractivity contribution < 1.29 is 14.6 Å². The van der Waals surface area contributed by atoms with Crippen molar-refractivity contribution in [1.29, 1.82) is 0 Å². The standard InChI is InChI=1S/C16H13NO3S/c1-8-2-3-9-5-12-14(17-7-21-12)13(10(9)4-8)16-15(19)11(18)6-20-16/h2-4,6-7,13,18-19H,5H2,1H3. The van der Waals surface area contributed by atoms with Crippen molar-refractivity contribution in [1.82, 2.24) is 4.98 Å². The molecule has 0 spiro atoms.